The van der Waals surface area contributed by atoms with Gasteiger partial charge in [0.25, 0.3) is 5.91 Å². The fourth-order valence-corrected chi connectivity index (χ4v) is 2.56. The largest absolute Gasteiger partial charge is 0.446 e. The average Bonchev–Trinajstić information content (AvgIpc) is 3.13. The molecule has 3 N–H and O–H groups in total. The highest BCUT2D eigenvalue weighted by Crippen LogP contribution is 2.18. The van der Waals surface area contributed by atoms with Crippen molar-refractivity contribution in [2.45, 2.75) is 12.5 Å². The first kappa shape index (κ1) is 17.7. The standard InChI is InChI=1S/C20H22N4O2/c1-24(2)16-10-8-15(9-11-16)22-19(25)18-13-26-20(23-18)17(21)12-14-6-4-3-5-7-14/h3-11,13,17H,12,21H2,1-2H3,(H,22,25). The van der Waals surface area contributed by atoms with Crippen molar-refractivity contribution >= 4 is 17.3 Å². The third-order valence-electron chi connectivity index (χ3n) is 4.01. The second kappa shape index (κ2) is 7.84. The van der Waals surface area contributed by atoms with Gasteiger partial charge >= 0.3 is 0 Å². The lowest BCUT2D eigenvalue weighted by molar-refractivity contribution is 0.102. The van der Waals surface area contributed by atoms with Crippen molar-refractivity contribution in [1.29, 1.82) is 0 Å². The highest BCUT2D eigenvalue weighted by atomic mass is 16.3. The van der Waals surface area contributed by atoms with E-state index in [2.05, 4.69) is 10.3 Å². The van der Waals surface area contributed by atoms with Gasteiger partial charge in [-0.05, 0) is 36.2 Å². The van der Waals surface area contributed by atoms with Gasteiger partial charge in [-0.25, -0.2) is 4.98 Å². The molecule has 0 bridgehead atoms. The van der Waals surface area contributed by atoms with E-state index in [1.807, 2.05) is 73.6 Å². The fraction of sp³-hybridized carbons (Fsp3) is 0.200. The molecule has 3 rings (SSSR count). The molecule has 1 atom stereocenters. The number of rotatable bonds is 6. The van der Waals surface area contributed by atoms with Crippen LogP contribution in [0.15, 0.2) is 65.3 Å². The molecule has 1 amide bonds. The van der Waals surface area contributed by atoms with Gasteiger partial charge in [-0.1, -0.05) is 30.3 Å². The Bertz CT molecular complexity index is 857. The highest BCUT2D eigenvalue weighted by Gasteiger charge is 2.17. The molecule has 1 aromatic heterocycles. The van der Waals surface area contributed by atoms with E-state index < -0.39 is 6.04 Å². The average molecular weight is 350 g/mol. The van der Waals surface area contributed by atoms with Crippen LogP contribution in [0.4, 0.5) is 11.4 Å². The summed E-state index contributed by atoms with van der Waals surface area (Å²) < 4.78 is 5.40. The second-order valence-electron chi connectivity index (χ2n) is 6.26. The van der Waals surface area contributed by atoms with Crippen LogP contribution in [0.2, 0.25) is 0 Å². The number of benzene rings is 2. The van der Waals surface area contributed by atoms with Crippen molar-refractivity contribution in [2.24, 2.45) is 5.73 Å². The van der Waals surface area contributed by atoms with Crippen LogP contribution < -0.4 is 16.0 Å². The fourth-order valence-electron chi connectivity index (χ4n) is 2.56. The number of oxazole rings is 1. The maximum absolute atomic E-state index is 12.3. The van der Waals surface area contributed by atoms with Crippen LogP contribution in [0.1, 0.15) is 28.0 Å². The number of carbonyl (C=O) groups is 1. The van der Waals surface area contributed by atoms with Crippen LogP contribution in [-0.2, 0) is 6.42 Å². The molecular weight excluding hydrogens is 328 g/mol. The van der Waals surface area contributed by atoms with Gasteiger partial charge in [0.05, 0.1) is 6.04 Å². The summed E-state index contributed by atoms with van der Waals surface area (Å²) in [6, 6.07) is 17.0. The van der Waals surface area contributed by atoms with Crippen LogP contribution in [0, 0.1) is 0 Å². The summed E-state index contributed by atoms with van der Waals surface area (Å²) in [6.07, 6.45) is 1.93. The molecule has 3 aromatic rings. The van der Waals surface area contributed by atoms with Crippen LogP contribution in [0.3, 0.4) is 0 Å². The first-order valence-electron chi connectivity index (χ1n) is 8.36. The minimum Gasteiger partial charge on any atom is -0.446 e. The molecule has 0 aliphatic carbocycles. The molecule has 2 aromatic carbocycles. The van der Waals surface area contributed by atoms with E-state index in [1.165, 1.54) is 6.26 Å². The zero-order valence-electron chi connectivity index (χ0n) is 14.8. The van der Waals surface area contributed by atoms with E-state index in [1.54, 1.807) is 0 Å². The van der Waals surface area contributed by atoms with E-state index in [0.717, 1.165) is 11.3 Å². The molecule has 6 heteroatoms. The SMILES string of the molecule is CN(C)c1ccc(NC(=O)c2coc(C(N)Cc3ccccc3)n2)cc1. The van der Waals surface area contributed by atoms with Crippen LogP contribution in [-0.4, -0.2) is 25.0 Å². The molecule has 0 saturated heterocycles. The Morgan fingerprint density at radius 1 is 1.15 bits per heavy atom. The molecule has 0 spiro atoms. The monoisotopic (exact) mass is 350 g/mol. The van der Waals surface area contributed by atoms with Gasteiger partial charge in [0.1, 0.15) is 6.26 Å². The molecule has 26 heavy (non-hydrogen) atoms. The molecule has 6 nitrogen and oxygen atoms in total. The summed E-state index contributed by atoms with van der Waals surface area (Å²) >= 11 is 0. The summed E-state index contributed by atoms with van der Waals surface area (Å²) in [5.74, 6) is 0.0199. The lowest BCUT2D eigenvalue weighted by Crippen LogP contribution is -2.16. The summed E-state index contributed by atoms with van der Waals surface area (Å²) in [5, 5.41) is 2.81. The Labute approximate surface area is 152 Å². The normalized spacial score (nSPS) is 11.8. The number of carbonyl (C=O) groups excluding carboxylic acids is 1. The van der Waals surface area contributed by atoms with Gasteiger partial charge in [0.2, 0.25) is 5.89 Å². The number of hydrogen-bond donors (Lipinski definition) is 2. The number of aromatic nitrogens is 1. The summed E-state index contributed by atoms with van der Waals surface area (Å²) in [7, 11) is 3.92. The van der Waals surface area contributed by atoms with E-state index in [-0.39, 0.29) is 11.6 Å². The second-order valence-corrected chi connectivity index (χ2v) is 6.26. The lowest BCUT2D eigenvalue weighted by Gasteiger charge is -2.12. The van der Waals surface area contributed by atoms with Crippen molar-refractivity contribution in [2.75, 3.05) is 24.3 Å². The number of anilines is 2. The van der Waals surface area contributed by atoms with E-state index in [0.29, 0.717) is 18.0 Å². The van der Waals surface area contributed by atoms with Gasteiger partial charge in [-0.2, -0.15) is 0 Å². The Morgan fingerprint density at radius 3 is 2.50 bits per heavy atom. The van der Waals surface area contributed by atoms with Crippen molar-refractivity contribution < 1.29 is 9.21 Å². The van der Waals surface area contributed by atoms with Crippen molar-refractivity contribution in [3.05, 3.63) is 78.0 Å². The number of amides is 1. The van der Waals surface area contributed by atoms with Gasteiger partial charge in [-0.3, -0.25) is 4.79 Å². The van der Waals surface area contributed by atoms with Gasteiger partial charge in [0, 0.05) is 25.5 Å². The molecule has 1 unspecified atom stereocenters. The molecule has 134 valence electrons. The molecule has 0 saturated carbocycles. The van der Waals surface area contributed by atoms with E-state index in [9.17, 15) is 4.79 Å². The zero-order chi connectivity index (χ0) is 18.5. The topological polar surface area (TPSA) is 84.4 Å². The Hall–Kier alpha value is -3.12. The predicted octanol–water partition coefficient (Wildman–Crippen LogP) is 3.24. The minimum absolute atomic E-state index is 0.209. The summed E-state index contributed by atoms with van der Waals surface area (Å²) in [6.45, 7) is 0. The Morgan fingerprint density at radius 2 is 1.85 bits per heavy atom. The smallest absolute Gasteiger partial charge is 0.277 e. The molecule has 0 aliphatic rings. The van der Waals surface area contributed by atoms with Crippen LogP contribution in [0.25, 0.3) is 0 Å². The summed E-state index contributed by atoms with van der Waals surface area (Å²) in [5.41, 5.74) is 9.19. The number of hydrogen-bond acceptors (Lipinski definition) is 5. The van der Waals surface area contributed by atoms with Crippen LogP contribution in [0.5, 0.6) is 0 Å². The maximum atomic E-state index is 12.3. The minimum atomic E-state index is -0.404. The number of nitrogens with two attached hydrogens (primary N) is 1. The van der Waals surface area contributed by atoms with Gasteiger partial charge in [-0.15, -0.1) is 0 Å². The third kappa shape index (κ3) is 4.29. The van der Waals surface area contributed by atoms with E-state index >= 15 is 0 Å². The van der Waals surface area contributed by atoms with Crippen molar-refractivity contribution in [3.8, 4) is 0 Å². The maximum Gasteiger partial charge on any atom is 0.277 e. The van der Waals surface area contributed by atoms with Gasteiger partial charge in [0.15, 0.2) is 5.69 Å². The number of nitrogens with one attached hydrogen (secondary N) is 1. The molecule has 0 fully saturated rings. The Kier molecular flexibility index (Phi) is 5.34. The predicted molar refractivity (Wildman–Crippen MR) is 102 cm³/mol. The Balaban J connectivity index is 1.64. The molecule has 1 heterocycles. The van der Waals surface area contributed by atoms with Crippen molar-refractivity contribution in [1.82, 2.24) is 4.98 Å². The van der Waals surface area contributed by atoms with Gasteiger partial charge < -0.3 is 20.4 Å². The zero-order valence-corrected chi connectivity index (χ0v) is 14.8. The summed E-state index contributed by atoms with van der Waals surface area (Å²) in [4.78, 5) is 18.6. The molecule has 0 radical (unpaired) electrons. The van der Waals surface area contributed by atoms with Crippen LogP contribution >= 0.6 is 0 Å². The molecule has 0 aliphatic heterocycles. The first-order chi connectivity index (χ1) is 12.5. The first-order valence-corrected chi connectivity index (χ1v) is 8.36. The number of nitrogens with zero attached hydrogens (tertiary/aromatic N) is 2. The lowest BCUT2D eigenvalue weighted by atomic mass is 10.1. The highest BCUT2D eigenvalue weighted by molar-refractivity contribution is 6.02. The van der Waals surface area contributed by atoms with Crippen molar-refractivity contribution in [3.63, 3.8) is 0 Å². The molecular formula is C20H22N4O2. The quantitative estimate of drug-likeness (QED) is 0.713. The van der Waals surface area contributed by atoms with E-state index in [4.69, 9.17) is 10.2 Å². The third-order valence-corrected chi connectivity index (χ3v) is 4.01.